The van der Waals surface area contributed by atoms with Gasteiger partial charge in [-0.2, -0.15) is 0 Å². The molecule has 0 saturated heterocycles. The van der Waals surface area contributed by atoms with E-state index < -0.39 is 23.3 Å². The molecule has 0 fully saturated rings. The first-order valence-electron chi connectivity index (χ1n) is 9.11. The van der Waals surface area contributed by atoms with E-state index in [1.807, 2.05) is 0 Å². The third-order valence-electron chi connectivity index (χ3n) is 4.00. The minimum absolute atomic E-state index is 0.163. The Morgan fingerprint density at radius 2 is 2.07 bits per heavy atom. The minimum atomic E-state index is -0.638. The predicted octanol–water partition coefficient (Wildman–Crippen LogP) is 1.13. The van der Waals surface area contributed by atoms with Crippen LogP contribution in [0.5, 0.6) is 0 Å². The second kappa shape index (κ2) is 9.84. The normalized spacial score (nSPS) is 12.2. The number of nitrogens with one attached hydrogen (secondary N) is 1. The van der Waals surface area contributed by atoms with E-state index in [0.717, 1.165) is 22.0 Å². The highest BCUT2D eigenvalue weighted by Gasteiger charge is 2.12. The van der Waals surface area contributed by atoms with Gasteiger partial charge in [-0.3, -0.25) is 14.2 Å². The number of hydrogen-bond acceptors (Lipinski definition) is 6. The highest BCUT2D eigenvalue weighted by Crippen LogP contribution is 2.06. The van der Waals surface area contributed by atoms with Crippen LogP contribution in [-0.2, 0) is 27.4 Å². The molecule has 0 spiro atoms. The molecule has 2 heterocycles. The molecular formula is C21H19FN2O5S. The van der Waals surface area contributed by atoms with E-state index in [1.54, 1.807) is 31.2 Å². The summed E-state index contributed by atoms with van der Waals surface area (Å²) in [4.78, 5) is 37.1. The molecule has 3 rings (SSSR count). The van der Waals surface area contributed by atoms with E-state index in [-0.39, 0.29) is 34.5 Å². The lowest BCUT2D eigenvalue weighted by Gasteiger charge is -2.04. The summed E-state index contributed by atoms with van der Waals surface area (Å²) in [5, 5.41) is 2.65. The number of nitrogens with zero attached hydrogens (tertiary/aromatic N) is 1. The summed E-state index contributed by atoms with van der Waals surface area (Å²) in [6.07, 6.45) is 4.03. The number of furan rings is 1. The molecule has 30 heavy (non-hydrogen) atoms. The SMILES string of the molecule is CCOC(=O)C=c1s/c(=C\c2ccccc2F)c(=O)n1CC(=O)NCc1ccco1. The Balaban J connectivity index is 1.96. The molecule has 0 atom stereocenters. The number of thiazole rings is 1. The zero-order valence-electron chi connectivity index (χ0n) is 16.1. The van der Waals surface area contributed by atoms with E-state index in [9.17, 15) is 18.8 Å². The molecule has 3 aromatic rings. The van der Waals surface area contributed by atoms with Crippen molar-refractivity contribution in [2.45, 2.75) is 20.0 Å². The molecule has 0 saturated carbocycles. The monoisotopic (exact) mass is 430 g/mol. The van der Waals surface area contributed by atoms with E-state index in [2.05, 4.69) is 5.32 Å². The standard InChI is InChI=1S/C21H19FN2O5S/c1-2-28-20(26)11-19-24(13-18(25)23-12-15-7-5-9-29-15)21(27)17(30-19)10-14-6-3-4-8-16(14)22/h3-11H,2,12-13H2,1H3,(H,23,25)/b17-10-,19-11?. The van der Waals surface area contributed by atoms with Crippen LogP contribution in [0.3, 0.4) is 0 Å². The molecule has 1 aromatic carbocycles. The average molecular weight is 430 g/mol. The fourth-order valence-corrected chi connectivity index (χ4v) is 3.63. The quantitative estimate of drug-likeness (QED) is 0.568. The molecule has 0 radical (unpaired) electrons. The lowest BCUT2D eigenvalue weighted by atomic mass is 10.2. The van der Waals surface area contributed by atoms with Gasteiger partial charge in [-0.1, -0.05) is 18.2 Å². The molecule has 7 nitrogen and oxygen atoms in total. The van der Waals surface area contributed by atoms with Crippen LogP contribution < -0.4 is 20.1 Å². The Hall–Kier alpha value is -3.46. The van der Waals surface area contributed by atoms with Crippen molar-refractivity contribution >= 4 is 35.4 Å². The van der Waals surface area contributed by atoms with Crippen LogP contribution in [0, 0.1) is 5.82 Å². The van der Waals surface area contributed by atoms with E-state index in [1.165, 1.54) is 24.5 Å². The number of aromatic nitrogens is 1. The van der Waals surface area contributed by atoms with Gasteiger partial charge in [0.15, 0.2) is 0 Å². The van der Waals surface area contributed by atoms with Crippen molar-refractivity contribution in [2.24, 2.45) is 0 Å². The fourth-order valence-electron chi connectivity index (χ4n) is 2.61. The Bertz CT molecular complexity index is 1210. The molecule has 0 aliphatic carbocycles. The van der Waals surface area contributed by atoms with Crippen molar-refractivity contribution in [3.8, 4) is 0 Å². The lowest BCUT2D eigenvalue weighted by molar-refractivity contribution is -0.135. The van der Waals surface area contributed by atoms with Crippen molar-refractivity contribution in [1.29, 1.82) is 0 Å². The molecule has 0 aliphatic heterocycles. The van der Waals surface area contributed by atoms with Crippen LogP contribution in [0.25, 0.3) is 12.2 Å². The number of rotatable bonds is 7. The van der Waals surface area contributed by atoms with Gasteiger partial charge in [-0.25, -0.2) is 9.18 Å². The zero-order valence-corrected chi connectivity index (χ0v) is 16.9. The average Bonchev–Trinajstić information content (AvgIpc) is 3.33. The fraction of sp³-hybridized carbons (Fsp3) is 0.190. The first-order valence-corrected chi connectivity index (χ1v) is 9.93. The van der Waals surface area contributed by atoms with Crippen LogP contribution in [0.1, 0.15) is 18.2 Å². The number of benzene rings is 1. The molecule has 156 valence electrons. The molecule has 0 unspecified atom stereocenters. The van der Waals surface area contributed by atoms with Crippen LogP contribution >= 0.6 is 11.3 Å². The second-order valence-electron chi connectivity index (χ2n) is 6.11. The summed E-state index contributed by atoms with van der Waals surface area (Å²) >= 11 is 0.975. The van der Waals surface area contributed by atoms with Gasteiger partial charge in [0.1, 0.15) is 22.8 Å². The predicted molar refractivity (Wildman–Crippen MR) is 109 cm³/mol. The first kappa shape index (κ1) is 21.3. The molecule has 9 heteroatoms. The van der Waals surface area contributed by atoms with Crippen LogP contribution in [-0.4, -0.2) is 23.1 Å². The van der Waals surface area contributed by atoms with Crippen molar-refractivity contribution in [3.63, 3.8) is 0 Å². The van der Waals surface area contributed by atoms with Crippen molar-refractivity contribution in [2.75, 3.05) is 6.61 Å². The number of carbonyl (C=O) groups is 2. The number of hydrogen-bond donors (Lipinski definition) is 1. The van der Waals surface area contributed by atoms with Crippen molar-refractivity contribution < 1.29 is 23.1 Å². The minimum Gasteiger partial charge on any atom is -0.467 e. The Labute approximate surface area is 174 Å². The number of ether oxygens (including phenoxy) is 1. The lowest BCUT2D eigenvalue weighted by Crippen LogP contribution is -2.38. The second-order valence-corrected chi connectivity index (χ2v) is 7.18. The summed E-state index contributed by atoms with van der Waals surface area (Å²) in [6, 6.07) is 9.41. The van der Waals surface area contributed by atoms with E-state index >= 15 is 0 Å². The van der Waals surface area contributed by atoms with Gasteiger partial charge in [0.2, 0.25) is 5.91 Å². The molecule has 2 aromatic heterocycles. The molecule has 1 N–H and O–H groups in total. The highest BCUT2D eigenvalue weighted by atomic mass is 32.1. The van der Waals surface area contributed by atoms with Gasteiger partial charge >= 0.3 is 5.97 Å². The third kappa shape index (κ3) is 5.32. The number of amides is 1. The summed E-state index contributed by atoms with van der Waals surface area (Å²) in [6.45, 7) is 1.68. The topological polar surface area (TPSA) is 90.5 Å². The smallest absolute Gasteiger partial charge is 0.333 e. The third-order valence-corrected chi connectivity index (χ3v) is 5.06. The highest BCUT2D eigenvalue weighted by molar-refractivity contribution is 7.07. The molecule has 0 bridgehead atoms. The van der Waals surface area contributed by atoms with Gasteiger partial charge < -0.3 is 14.5 Å². The molecular weight excluding hydrogens is 411 g/mol. The van der Waals surface area contributed by atoms with Crippen LogP contribution in [0.15, 0.2) is 51.9 Å². The maximum Gasteiger partial charge on any atom is 0.333 e. The van der Waals surface area contributed by atoms with Crippen molar-refractivity contribution in [1.82, 2.24) is 9.88 Å². The number of carbonyl (C=O) groups excluding carboxylic acids is 2. The Morgan fingerprint density at radius 3 is 2.77 bits per heavy atom. The molecule has 0 aliphatic rings. The first-order chi connectivity index (χ1) is 14.5. The number of esters is 1. The Morgan fingerprint density at radius 1 is 1.27 bits per heavy atom. The number of halogens is 1. The van der Waals surface area contributed by atoms with Crippen LogP contribution in [0.2, 0.25) is 0 Å². The largest absolute Gasteiger partial charge is 0.467 e. The Kier molecular flexibility index (Phi) is 6.97. The summed E-state index contributed by atoms with van der Waals surface area (Å²) in [5.41, 5.74) is -0.278. The summed E-state index contributed by atoms with van der Waals surface area (Å²) in [7, 11) is 0. The maximum atomic E-state index is 14.0. The van der Waals surface area contributed by atoms with Gasteiger partial charge in [-0.15, -0.1) is 11.3 Å². The van der Waals surface area contributed by atoms with E-state index in [4.69, 9.17) is 9.15 Å². The van der Waals surface area contributed by atoms with Crippen LogP contribution in [0.4, 0.5) is 4.39 Å². The summed E-state index contributed by atoms with van der Waals surface area (Å²) < 4.78 is 25.6. The van der Waals surface area contributed by atoms with Gasteiger partial charge in [0.25, 0.3) is 5.56 Å². The maximum absolute atomic E-state index is 14.0. The zero-order chi connectivity index (χ0) is 21.5. The summed E-state index contributed by atoms with van der Waals surface area (Å²) in [5.74, 6) is -1.000. The van der Waals surface area contributed by atoms with Gasteiger partial charge in [0, 0.05) is 5.56 Å². The van der Waals surface area contributed by atoms with E-state index in [0.29, 0.717) is 5.76 Å². The van der Waals surface area contributed by atoms with Gasteiger partial charge in [0.05, 0.1) is 30.0 Å². The van der Waals surface area contributed by atoms with Crippen molar-refractivity contribution in [3.05, 3.63) is 79.4 Å². The van der Waals surface area contributed by atoms with Gasteiger partial charge in [-0.05, 0) is 31.2 Å². The molecule has 1 amide bonds.